The molecule has 8 heteroatoms. The van der Waals surface area contributed by atoms with Crippen LogP contribution in [0.3, 0.4) is 0 Å². The molecule has 3 N–H and O–H groups in total. The van der Waals surface area contributed by atoms with Crippen LogP contribution >= 0.6 is 11.6 Å². The lowest BCUT2D eigenvalue weighted by Crippen LogP contribution is -2.32. The molecule has 4 rings (SSSR count). The van der Waals surface area contributed by atoms with E-state index >= 15 is 0 Å². The Kier molecular flexibility index (Phi) is 6.15. The van der Waals surface area contributed by atoms with Gasteiger partial charge in [0.25, 0.3) is 5.91 Å². The first-order chi connectivity index (χ1) is 15.9. The summed E-state index contributed by atoms with van der Waals surface area (Å²) in [5, 5.41) is 21.3. The van der Waals surface area contributed by atoms with Gasteiger partial charge in [-0.15, -0.1) is 0 Å². The molecule has 0 radical (unpaired) electrons. The van der Waals surface area contributed by atoms with Gasteiger partial charge in [0.2, 0.25) is 0 Å². The summed E-state index contributed by atoms with van der Waals surface area (Å²) < 4.78 is 0. The number of rotatable bonds is 5. The number of nitrogens with one attached hydrogen (secondary N) is 2. The molecule has 33 heavy (non-hydrogen) atoms. The van der Waals surface area contributed by atoms with Gasteiger partial charge in [0.1, 0.15) is 5.84 Å². The van der Waals surface area contributed by atoms with Crippen LogP contribution in [0, 0.1) is 5.41 Å². The number of carboxylic acids is 1. The Morgan fingerprint density at radius 2 is 1.76 bits per heavy atom. The van der Waals surface area contributed by atoms with Crippen molar-refractivity contribution in [3.8, 4) is 0 Å². The van der Waals surface area contributed by atoms with E-state index in [1.807, 2.05) is 30.3 Å². The highest BCUT2D eigenvalue weighted by Crippen LogP contribution is 2.40. The predicted molar refractivity (Wildman–Crippen MR) is 129 cm³/mol. The number of carbonyl (C=O) groups excluding carboxylic acids is 1. The number of nitrogens with zero attached hydrogens (tertiary/aromatic N) is 2. The lowest BCUT2D eigenvalue weighted by atomic mass is 10.1. The van der Waals surface area contributed by atoms with Crippen LogP contribution in [0.5, 0.6) is 0 Å². The second kappa shape index (κ2) is 9.18. The van der Waals surface area contributed by atoms with Gasteiger partial charge in [-0.2, -0.15) is 0 Å². The number of para-hydroxylation sites is 1. The molecule has 0 aliphatic carbocycles. The zero-order chi connectivity index (χ0) is 23.5. The van der Waals surface area contributed by atoms with E-state index in [4.69, 9.17) is 22.1 Å². The average Bonchev–Trinajstić information content (AvgIpc) is 2.88. The van der Waals surface area contributed by atoms with Crippen molar-refractivity contribution in [1.29, 1.82) is 5.41 Å². The highest BCUT2D eigenvalue weighted by Gasteiger charge is 2.33. The van der Waals surface area contributed by atoms with Crippen LogP contribution < -0.4 is 15.1 Å². The van der Waals surface area contributed by atoms with Gasteiger partial charge < -0.3 is 15.3 Å². The van der Waals surface area contributed by atoms with Gasteiger partial charge in [-0.3, -0.25) is 15.1 Å². The number of amidine groups is 1. The van der Waals surface area contributed by atoms with Crippen LogP contribution in [-0.4, -0.2) is 29.9 Å². The molecule has 1 aliphatic rings. The summed E-state index contributed by atoms with van der Waals surface area (Å²) in [5.74, 6) is -1.32. The van der Waals surface area contributed by atoms with E-state index in [0.717, 1.165) is 5.56 Å². The third-order valence-electron chi connectivity index (χ3n) is 5.33. The molecule has 0 bridgehead atoms. The van der Waals surface area contributed by atoms with Crippen molar-refractivity contribution in [3.63, 3.8) is 0 Å². The van der Waals surface area contributed by atoms with E-state index in [0.29, 0.717) is 28.6 Å². The minimum absolute atomic E-state index is 0.0377. The lowest BCUT2D eigenvalue weighted by Gasteiger charge is -2.24. The van der Waals surface area contributed by atoms with Gasteiger partial charge in [0, 0.05) is 30.5 Å². The minimum atomic E-state index is -0.988. The molecule has 0 fully saturated rings. The van der Waals surface area contributed by atoms with E-state index in [1.54, 1.807) is 47.2 Å². The second-order valence-corrected chi connectivity index (χ2v) is 7.89. The van der Waals surface area contributed by atoms with Gasteiger partial charge in [0.05, 0.1) is 22.5 Å². The molecule has 0 saturated heterocycles. The third kappa shape index (κ3) is 4.44. The summed E-state index contributed by atoms with van der Waals surface area (Å²) in [7, 11) is 1.73. The Labute approximate surface area is 196 Å². The quantitative estimate of drug-likeness (QED) is 0.475. The van der Waals surface area contributed by atoms with Crippen molar-refractivity contribution >= 4 is 46.4 Å². The van der Waals surface area contributed by atoms with Crippen molar-refractivity contribution in [2.24, 2.45) is 0 Å². The first-order valence-corrected chi connectivity index (χ1v) is 10.5. The predicted octanol–water partition coefficient (Wildman–Crippen LogP) is 4.80. The first kappa shape index (κ1) is 22.1. The Morgan fingerprint density at radius 1 is 1.06 bits per heavy atom. The van der Waals surface area contributed by atoms with E-state index < -0.39 is 5.97 Å². The van der Waals surface area contributed by atoms with Crippen LogP contribution in [-0.2, 0) is 11.3 Å². The SMILES string of the molecule is CN1C(=N)/C(=C\NCc2ccc(C(=O)O)cc2)C(=O)N(c2ccccc2)c2cc(Cl)ccc21. The van der Waals surface area contributed by atoms with Crippen molar-refractivity contribution in [3.05, 3.63) is 101 Å². The van der Waals surface area contributed by atoms with Gasteiger partial charge >= 0.3 is 5.97 Å². The van der Waals surface area contributed by atoms with Crippen LogP contribution in [0.1, 0.15) is 15.9 Å². The smallest absolute Gasteiger partial charge is 0.335 e. The van der Waals surface area contributed by atoms with Gasteiger partial charge in [-0.1, -0.05) is 41.9 Å². The number of likely N-dealkylation sites (N-methyl/N-ethyl adjacent to an activating group) is 1. The lowest BCUT2D eigenvalue weighted by molar-refractivity contribution is -0.114. The minimum Gasteiger partial charge on any atom is -0.478 e. The molecule has 1 aliphatic heterocycles. The Balaban J connectivity index is 1.69. The standard InChI is InChI=1S/C25H21ClN4O3/c1-29-21-12-11-18(26)13-22(21)30(19-5-3-2-4-6-19)24(31)20(23(29)27)15-28-14-16-7-9-17(10-8-16)25(32)33/h2-13,15,27-28H,14H2,1H3,(H,32,33)/b20-15+,27-23?. The number of anilines is 3. The summed E-state index contributed by atoms with van der Waals surface area (Å²) in [6.45, 7) is 0.359. The number of hydrogen-bond acceptors (Lipinski definition) is 4. The number of hydrogen-bond donors (Lipinski definition) is 3. The van der Waals surface area contributed by atoms with Crippen LogP contribution in [0.15, 0.2) is 84.6 Å². The van der Waals surface area contributed by atoms with Gasteiger partial charge in [0.15, 0.2) is 0 Å². The number of carboxylic acid groups (broad SMARTS) is 1. The fourth-order valence-corrected chi connectivity index (χ4v) is 3.76. The number of fused-ring (bicyclic) bond motifs is 1. The normalized spacial score (nSPS) is 14.8. The largest absolute Gasteiger partial charge is 0.478 e. The van der Waals surface area contributed by atoms with Crippen LogP contribution in [0.4, 0.5) is 17.1 Å². The average molecular weight is 461 g/mol. The summed E-state index contributed by atoms with van der Waals surface area (Å²) >= 11 is 6.26. The number of carbonyl (C=O) groups is 2. The number of amides is 1. The topological polar surface area (TPSA) is 96.7 Å². The zero-order valence-corrected chi connectivity index (χ0v) is 18.5. The van der Waals surface area contributed by atoms with Crippen molar-refractivity contribution in [1.82, 2.24) is 5.32 Å². The first-order valence-electron chi connectivity index (χ1n) is 10.1. The molecule has 7 nitrogen and oxygen atoms in total. The van der Waals surface area contributed by atoms with E-state index in [-0.39, 0.29) is 22.9 Å². The summed E-state index contributed by atoms with van der Waals surface area (Å²) in [4.78, 5) is 27.9. The van der Waals surface area contributed by atoms with Crippen LogP contribution in [0.25, 0.3) is 0 Å². The molecule has 1 amide bonds. The zero-order valence-electron chi connectivity index (χ0n) is 17.7. The number of aromatic carboxylic acids is 1. The molecule has 0 unspecified atom stereocenters. The Bertz CT molecular complexity index is 1260. The van der Waals surface area contributed by atoms with Crippen molar-refractivity contribution in [2.75, 3.05) is 16.8 Å². The summed E-state index contributed by atoms with van der Waals surface area (Å²) in [5.41, 5.74) is 3.13. The van der Waals surface area contributed by atoms with Gasteiger partial charge in [-0.25, -0.2) is 4.79 Å². The molecule has 0 saturated carbocycles. The second-order valence-electron chi connectivity index (χ2n) is 7.46. The molecule has 1 heterocycles. The highest BCUT2D eigenvalue weighted by molar-refractivity contribution is 6.34. The summed E-state index contributed by atoms with van der Waals surface area (Å²) in [6.07, 6.45) is 1.52. The molecule has 3 aromatic rings. The fourth-order valence-electron chi connectivity index (χ4n) is 3.59. The molecular formula is C25H21ClN4O3. The maximum Gasteiger partial charge on any atom is 0.335 e. The Morgan fingerprint density at radius 3 is 2.42 bits per heavy atom. The molecule has 0 atom stereocenters. The van der Waals surface area contributed by atoms with Crippen molar-refractivity contribution < 1.29 is 14.7 Å². The summed E-state index contributed by atoms with van der Waals surface area (Å²) in [6, 6.07) is 20.9. The number of benzene rings is 3. The Hall–Kier alpha value is -4.10. The van der Waals surface area contributed by atoms with Crippen molar-refractivity contribution in [2.45, 2.75) is 6.54 Å². The van der Waals surface area contributed by atoms with Crippen LogP contribution in [0.2, 0.25) is 5.02 Å². The van der Waals surface area contributed by atoms with E-state index in [1.165, 1.54) is 18.3 Å². The highest BCUT2D eigenvalue weighted by atomic mass is 35.5. The monoisotopic (exact) mass is 460 g/mol. The maximum atomic E-state index is 13.7. The van der Waals surface area contributed by atoms with Gasteiger partial charge in [-0.05, 0) is 48.0 Å². The molecule has 0 aromatic heterocycles. The maximum absolute atomic E-state index is 13.7. The molecular weight excluding hydrogens is 440 g/mol. The third-order valence-corrected chi connectivity index (χ3v) is 5.57. The molecule has 166 valence electrons. The van der Waals surface area contributed by atoms with E-state index in [9.17, 15) is 9.59 Å². The van der Waals surface area contributed by atoms with E-state index in [2.05, 4.69) is 5.32 Å². The fraction of sp³-hybridized carbons (Fsp3) is 0.0800. The molecule has 0 spiro atoms. The molecule has 3 aromatic carbocycles. The number of halogens is 1.